The highest BCUT2D eigenvalue weighted by atomic mass is 79.9. The van der Waals surface area contributed by atoms with E-state index in [0.717, 1.165) is 4.47 Å². The quantitative estimate of drug-likeness (QED) is 0.834. The van der Waals surface area contributed by atoms with Gasteiger partial charge in [0.1, 0.15) is 5.75 Å². The van der Waals surface area contributed by atoms with Crippen LogP contribution < -0.4 is 11.1 Å². The fourth-order valence-electron chi connectivity index (χ4n) is 1.21. The lowest BCUT2D eigenvalue weighted by atomic mass is 10.3. The predicted octanol–water partition coefficient (Wildman–Crippen LogP) is 1.49. The van der Waals surface area contributed by atoms with E-state index in [1.54, 1.807) is 6.07 Å². The molecule has 1 aromatic carbocycles. The molecule has 3 N–H and O–H groups in total. The van der Waals surface area contributed by atoms with E-state index in [4.69, 9.17) is 5.73 Å². The van der Waals surface area contributed by atoms with Crippen LogP contribution in [0.15, 0.2) is 28.7 Å². The number of hydrogen-bond donors (Lipinski definition) is 2. The monoisotopic (exact) mass is 318 g/mol. The first kappa shape index (κ1) is 14.3. The molecular weight excluding hydrogens is 304 g/mol. The fraction of sp³-hybridized carbons (Fsp3) is 0.364. The van der Waals surface area contributed by atoms with Crippen molar-refractivity contribution in [3.8, 4) is 0 Å². The molecule has 0 radical (unpaired) electrons. The van der Waals surface area contributed by atoms with E-state index in [0.29, 0.717) is 24.4 Å². The molecule has 0 aliphatic rings. The summed E-state index contributed by atoms with van der Waals surface area (Å²) in [5.41, 5.74) is 6.00. The Balaban J connectivity index is 2.45. The normalized spacial score (nSPS) is 12.1. The molecule has 1 amide bonds. The van der Waals surface area contributed by atoms with E-state index < -0.39 is 10.8 Å². The summed E-state index contributed by atoms with van der Waals surface area (Å²) in [5, 5.41) is 2.71. The molecule has 0 saturated carbocycles. The predicted molar refractivity (Wildman–Crippen MR) is 74.3 cm³/mol. The summed E-state index contributed by atoms with van der Waals surface area (Å²) < 4.78 is 12.3. The van der Waals surface area contributed by atoms with E-state index in [2.05, 4.69) is 21.2 Å². The topological polar surface area (TPSA) is 72.2 Å². The SMILES string of the molecule is NCCCS(=O)CC(=O)Nc1ccccc1Br. The molecule has 0 bridgehead atoms. The molecule has 0 fully saturated rings. The number of halogens is 1. The minimum atomic E-state index is -1.14. The fourth-order valence-corrected chi connectivity index (χ4v) is 2.59. The number of amides is 1. The average molecular weight is 319 g/mol. The van der Waals surface area contributed by atoms with Crippen molar-refractivity contribution in [1.29, 1.82) is 0 Å². The van der Waals surface area contributed by atoms with Gasteiger partial charge in [-0.25, -0.2) is 0 Å². The van der Waals surface area contributed by atoms with Crippen LogP contribution in [-0.4, -0.2) is 28.2 Å². The summed E-state index contributed by atoms with van der Waals surface area (Å²) in [4.78, 5) is 11.6. The highest BCUT2D eigenvalue weighted by Crippen LogP contribution is 2.20. The lowest BCUT2D eigenvalue weighted by Crippen LogP contribution is -2.21. The van der Waals surface area contributed by atoms with E-state index in [1.807, 2.05) is 18.2 Å². The second-order valence-corrected chi connectivity index (χ2v) is 5.89. The molecule has 0 heterocycles. The van der Waals surface area contributed by atoms with Crippen molar-refractivity contribution < 1.29 is 9.00 Å². The lowest BCUT2D eigenvalue weighted by molar-refractivity contribution is -0.113. The summed E-state index contributed by atoms with van der Waals surface area (Å²) in [7, 11) is -1.14. The number of para-hydroxylation sites is 1. The Labute approximate surface area is 112 Å². The maximum absolute atomic E-state index is 11.6. The van der Waals surface area contributed by atoms with Gasteiger partial charge in [-0.15, -0.1) is 0 Å². The molecule has 0 aliphatic heterocycles. The van der Waals surface area contributed by atoms with Crippen molar-refractivity contribution in [2.45, 2.75) is 6.42 Å². The molecule has 1 rings (SSSR count). The minimum Gasteiger partial charge on any atom is -0.330 e. The van der Waals surface area contributed by atoms with Gasteiger partial charge in [-0.05, 0) is 41.0 Å². The summed E-state index contributed by atoms with van der Waals surface area (Å²) in [6.07, 6.45) is 0.676. The highest BCUT2D eigenvalue weighted by Gasteiger charge is 2.09. The second kappa shape index (κ2) is 7.58. The Bertz CT molecular complexity index is 412. The Morgan fingerprint density at radius 2 is 2.12 bits per heavy atom. The van der Waals surface area contributed by atoms with Gasteiger partial charge in [-0.1, -0.05) is 12.1 Å². The number of carbonyl (C=O) groups excluding carboxylic acids is 1. The van der Waals surface area contributed by atoms with Crippen LogP contribution in [0.25, 0.3) is 0 Å². The van der Waals surface area contributed by atoms with Gasteiger partial charge < -0.3 is 11.1 Å². The van der Waals surface area contributed by atoms with Gasteiger partial charge in [0.05, 0.1) is 5.69 Å². The van der Waals surface area contributed by atoms with Gasteiger partial charge in [0.25, 0.3) is 0 Å². The van der Waals surface area contributed by atoms with Crippen LogP contribution in [0.4, 0.5) is 5.69 Å². The highest BCUT2D eigenvalue weighted by molar-refractivity contribution is 9.10. The Morgan fingerprint density at radius 3 is 2.76 bits per heavy atom. The van der Waals surface area contributed by atoms with Gasteiger partial charge in [0.15, 0.2) is 0 Å². The summed E-state index contributed by atoms with van der Waals surface area (Å²) in [5.74, 6) is 0.244. The number of anilines is 1. The van der Waals surface area contributed by atoms with Crippen LogP contribution in [0, 0.1) is 0 Å². The van der Waals surface area contributed by atoms with Crippen LogP contribution in [-0.2, 0) is 15.6 Å². The summed E-state index contributed by atoms with van der Waals surface area (Å²) in [6, 6.07) is 7.30. The molecule has 1 aromatic rings. The first-order valence-corrected chi connectivity index (χ1v) is 7.51. The average Bonchev–Trinajstić information content (AvgIpc) is 2.29. The molecule has 6 heteroatoms. The van der Waals surface area contributed by atoms with E-state index in [9.17, 15) is 9.00 Å². The zero-order valence-electron chi connectivity index (χ0n) is 9.32. The van der Waals surface area contributed by atoms with Crippen molar-refractivity contribution in [3.05, 3.63) is 28.7 Å². The van der Waals surface area contributed by atoms with Crippen molar-refractivity contribution in [2.24, 2.45) is 5.73 Å². The molecule has 17 heavy (non-hydrogen) atoms. The smallest absolute Gasteiger partial charge is 0.237 e. The van der Waals surface area contributed by atoms with Crippen LogP contribution >= 0.6 is 15.9 Å². The minimum absolute atomic E-state index is 0.0152. The zero-order valence-corrected chi connectivity index (χ0v) is 11.7. The molecule has 1 atom stereocenters. The van der Waals surface area contributed by atoms with E-state index >= 15 is 0 Å². The van der Waals surface area contributed by atoms with Crippen molar-refractivity contribution >= 4 is 38.3 Å². The number of hydrogen-bond acceptors (Lipinski definition) is 3. The van der Waals surface area contributed by atoms with E-state index in [1.165, 1.54) is 0 Å². The Kier molecular flexibility index (Phi) is 6.39. The van der Waals surface area contributed by atoms with Gasteiger partial charge in [-0.3, -0.25) is 9.00 Å². The molecule has 0 spiro atoms. The molecule has 94 valence electrons. The molecule has 1 unspecified atom stereocenters. The standard InChI is InChI=1S/C11H15BrN2O2S/c12-9-4-1-2-5-10(9)14-11(15)8-17(16)7-3-6-13/h1-2,4-5H,3,6-8,13H2,(H,14,15). The Hall–Kier alpha value is -0.720. The van der Waals surface area contributed by atoms with Crippen LogP contribution in [0.3, 0.4) is 0 Å². The second-order valence-electron chi connectivity index (χ2n) is 3.46. The van der Waals surface area contributed by atoms with Crippen molar-refractivity contribution in [1.82, 2.24) is 0 Å². The number of nitrogens with one attached hydrogen (secondary N) is 1. The summed E-state index contributed by atoms with van der Waals surface area (Å²) in [6.45, 7) is 0.498. The lowest BCUT2D eigenvalue weighted by Gasteiger charge is -2.06. The first-order chi connectivity index (χ1) is 8.13. The number of carbonyl (C=O) groups is 1. The maximum atomic E-state index is 11.6. The van der Waals surface area contributed by atoms with Crippen LogP contribution in [0.1, 0.15) is 6.42 Å². The third-order valence-corrected chi connectivity index (χ3v) is 4.04. The molecular formula is C11H15BrN2O2S. The van der Waals surface area contributed by atoms with Crippen LogP contribution in [0.5, 0.6) is 0 Å². The Morgan fingerprint density at radius 1 is 1.41 bits per heavy atom. The third-order valence-electron chi connectivity index (χ3n) is 2.02. The largest absolute Gasteiger partial charge is 0.330 e. The maximum Gasteiger partial charge on any atom is 0.237 e. The van der Waals surface area contributed by atoms with Gasteiger partial charge in [0, 0.05) is 21.0 Å². The van der Waals surface area contributed by atoms with E-state index in [-0.39, 0.29) is 11.7 Å². The molecule has 0 aromatic heterocycles. The number of nitrogens with two attached hydrogens (primary N) is 1. The van der Waals surface area contributed by atoms with Crippen molar-refractivity contribution in [3.63, 3.8) is 0 Å². The first-order valence-electron chi connectivity index (χ1n) is 5.23. The number of benzene rings is 1. The number of rotatable bonds is 6. The van der Waals surface area contributed by atoms with Gasteiger partial charge in [-0.2, -0.15) is 0 Å². The van der Waals surface area contributed by atoms with Gasteiger partial charge in [0.2, 0.25) is 5.91 Å². The third kappa shape index (κ3) is 5.43. The van der Waals surface area contributed by atoms with Crippen molar-refractivity contribution in [2.75, 3.05) is 23.4 Å². The molecule has 4 nitrogen and oxygen atoms in total. The zero-order chi connectivity index (χ0) is 12.7. The molecule has 0 aliphatic carbocycles. The van der Waals surface area contributed by atoms with Gasteiger partial charge >= 0.3 is 0 Å². The molecule has 0 saturated heterocycles. The summed E-state index contributed by atoms with van der Waals surface area (Å²) >= 11 is 3.33. The van der Waals surface area contributed by atoms with Crippen LogP contribution in [0.2, 0.25) is 0 Å².